The van der Waals surface area contributed by atoms with Crippen LogP contribution in [0.5, 0.6) is 0 Å². The summed E-state index contributed by atoms with van der Waals surface area (Å²) in [5.74, 6) is 0. The summed E-state index contributed by atoms with van der Waals surface area (Å²) in [6.07, 6.45) is 4.05. The molecule has 1 heterocycles. The van der Waals surface area contributed by atoms with E-state index in [2.05, 4.69) is 17.6 Å². The van der Waals surface area contributed by atoms with Gasteiger partial charge in [0.1, 0.15) is 0 Å². The Hall–Kier alpha value is -1.37. The predicted octanol–water partition coefficient (Wildman–Crippen LogP) is 3.29. The number of aryl methyl sites for hydroxylation is 2. The molecule has 1 rings (SSSR count). The number of nitrogens with zero attached hydrogens (tertiary/aromatic N) is 1. The Bertz CT molecular complexity index is 348. The van der Waals surface area contributed by atoms with Crippen LogP contribution in [0.25, 0.3) is 6.08 Å². The number of aromatic nitrogens is 1. The molecule has 0 aliphatic carbocycles. The highest BCUT2D eigenvalue weighted by Gasteiger charge is 1.94. The molecule has 0 unspecified atom stereocenters. The van der Waals surface area contributed by atoms with Gasteiger partial charge in [-0.1, -0.05) is 30.4 Å². The van der Waals surface area contributed by atoms with Crippen LogP contribution in [-0.2, 0) is 0 Å². The molecule has 0 spiro atoms. The van der Waals surface area contributed by atoms with Gasteiger partial charge in [0.15, 0.2) is 0 Å². The smallest absolute Gasteiger partial charge is 0.0448 e. The quantitative estimate of drug-likeness (QED) is 0.625. The van der Waals surface area contributed by atoms with Crippen LogP contribution in [0.3, 0.4) is 0 Å². The summed E-state index contributed by atoms with van der Waals surface area (Å²) in [4.78, 5) is 4.37. The molecule has 0 saturated carbocycles. The zero-order valence-electron chi connectivity index (χ0n) is 8.46. The first-order valence-electron chi connectivity index (χ1n) is 4.37. The highest BCUT2D eigenvalue weighted by molar-refractivity contribution is 5.54. The van der Waals surface area contributed by atoms with E-state index in [-0.39, 0.29) is 0 Å². The summed E-state index contributed by atoms with van der Waals surface area (Å²) < 4.78 is 0. The Balaban J connectivity index is 2.96. The lowest BCUT2D eigenvalue weighted by Gasteiger charge is -2.00. The van der Waals surface area contributed by atoms with E-state index in [1.54, 1.807) is 0 Å². The first kappa shape index (κ1) is 9.72. The van der Waals surface area contributed by atoms with Gasteiger partial charge in [-0.3, -0.25) is 4.98 Å². The van der Waals surface area contributed by atoms with Crippen molar-refractivity contribution in [3.8, 4) is 0 Å². The molecule has 13 heavy (non-hydrogen) atoms. The molecule has 0 fully saturated rings. The summed E-state index contributed by atoms with van der Waals surface area (Å²) in [5.41, 5.74) is 4.34. The van der Waals surface area contributed by atoms with Crippen LogP contribution in [-0.4, -0.2) is 4.98 Å². The van der Waals surface area contributed by atoms with Gasteiger partial charge in [-0.05, 0) is 32.4 Å². The maximum atomic E-state index is 4.37. The number of rotatable bonds is 2. The van der Waals surface area contributed by atoms with Crippen LogP contribution in [0.1, 0.15) is 23.9 Å². The summed E-state index contributed by atoms with van der Waals surface area (Å²) in [6.45, 7) is 9.81. The normalized spacial score (nSPS) is 10.7. The van der Waals surface area contributed by atoms with Crippen molar-refractivity contribution in [2.45, 2.75) is 20.8 Å². The second kappa shape index (κ2) is 4.04. The molecule has 0 bridgehead atoms. The lowest BCUT2D eigenvalue weighted by molar-refractivity contribution is 1.11. The summed E-state index contributed by atoms with van der Waals surface area (Å²) in [7, 11) is 0. The van der Waals surface area contributed by atoms with Crippen molar-refractivity contribution in [3.63, 3.8) is 0 Å². The fraction of sp³-hybridized carbons (Fsp3) is 0.250. The molecule has 0 aromatic carbocycles. The molecule has 68 valence electrons. The topological polar surface area (TPSA) is 12.9 Å². The van der Waals surface area contributed by atoms with Crippen LogP contribution < -0.4 is 0 Å². The third-order valence-electron chi connectivity index (χ3n) is 1.81. The molecular formula is C12H15N. The van der Waals surface area contributed by atoms with Gasteiger partial charge in [-0.2, -0.15) is 0 Å². The van der Waals surface area contributed by atoms with E-state index in [4.69, 9.17) is 0 Å². The molecular weight excluding hydrogens is 158 g/mol. The number of hydrogen-bond donors (Lipinski definition) is 0. The molecule has 0 saturated heterocycles. The third kappa shape index (κ3) is 2.86. The minimum absolute atomic E-state index is 1.06. The first-order valence-corrected chi connectivity index (χ1v) is 4.37. The zero-order valence-corrected chi connectivity index (χ0v) is 8.46. The molecule has 0 N–H and O–H groups in total. The lowest BCUT2D eigenvalue weighted by atomic mass is 10.1. The predicted molar refractivity (Wildman–Crippen MR) is 57.6 cm³/mol. The second-order valence-corrected chi connectivity index (χ2v) is 3.31. The van der Waals surface area contributed by atoms with E-state index < -0.39 is 0 Å². The van der Waals surface area contributed by atoms with Crippen molar-refractivity contribution in [2.75, 3.05) is 0 Å². The van der Waals surface area contributed by atoms with Gasteiger partial charge in [-0.25, -0.2) is 0 Å². The van der Waals surface area contributed by atoms with Crippen molar-refractivity contribution in [1.29, 1.82) is 0 Å². The number of allylic oxidation sites excluding steroid dienone is 2. The standard InChI is InChI=1S/C12H15N/c1-9(2)5-7-12-8-6-10(3)13-11(12)4/h5-8H,1H2,2-4H3/b7-5-. The van der Waals surface area contributed by atoms with Crippen LogP contribution >= 0.6 is 0 Å². The van der Waals surface area contributed by atoms with Gasteiger partial charge in [0.25, 0.3) is 0 Å². The Kier molecular flexibility index (Phi) is 3.02. The van der Waals surface area contributed by atoms with Gasteiger partial charge in [-0.15, -0.1) is 0 Å². The highest BCUT2D eigenvalue weighted by atomic mass is 14.7. The molecule has 1 aromatic rings. The summed E-state index contributed by atoms with van der Waals surface area (Å²) in [5, 5.41) is 0. The van der Waals surface area contributed by atoms with Gasteiger partial charge < -0.3 is 0 Å². The zero-order chi connectivity index (χ0) is 9.84. The van der Waals surface area contributed by atoms with Crippen molar-refractivity contribution in [1.82, 2.24) is 4.98 Å². The van der Waals surface area contributed by atoms with Gasteiger partial charge in [0.2, 0.25) is 0 Å². The molecule has 1 aromatic heterocycles. The average molecular weight is 173 g/mol. The van der Waals surface area contributed by atoms with Crippen molar-refractivity contribution < 1.29 is 0 Å². The van der Waals surface area contributed by atoms with Crippen LogP contribution in [0, 0.1) is 13.8 Å². The molecule has 0 aliphatic heterocycles. The van der Waals surface area contributed by atoms with E-state index in [0.29, 0.717) is 0 Å². The Morgan fingerprint density at radius 2 is 2.08 bits per heavy atom. The van der Waals surface area contributed by atoms with Crippen molar-refractivity contribution in [2.24, 2.45) is 0 Å². The van der Waals surface area contributed by atoms with E-state index in [1.807, 2.05) is 39.0 Å². The average Bonchev–Trinajstić information content (AvgIpc) is 2.02. The summed E-state index contributed by atoms with van der Waals surface area (Å²) in [6, 6.07) is 4.10. The molecule has 0 aliphatic rings. The largest absolute Gasteiger partial charge is 0.258 e. The molecule has 0 amide bonds. The minimum Gasteiger partial charge on any atom is -0.258 e. The Morgan fingerprint density at radius 3 is 2.62 bits per heavy atom. The monoisotopic (exact) mass is 173 g/mol. The molecule has 1 nitrogen and oxygen atoms in total. The van der Waals surface area contributed by atoms with E-state index in [0.717, 1.165) is 22.5 Å². The van der Waals surface area contributed by atoms with Crippen molar-refractivity contribution >= 4 is 6.08 Å². The van der Waals surface area contributed by atoms with Crippen LogP contribution in [0.2, 0.25) is 0 Å². The van der Waals surface area contributed by atoms with E-state index >= 15 is 0 Å². The first-order chi connectivity index (χ1) is 6.09. The van der Waals surface area contributed by atoms with Crippen LogP contribution in [0.15, 0.2) is 30.4 Å². The SMILES string of the molecule is C=C(C)/C=C\c1ccc(C)nc1C. The summed E-state index contributed by atoms with van der Waals surface area (Å²) >= 11 is 0. The number of pyridine rings is 1. The number of hydrogen-bond acceptors (Lipinski definition) is 1. The highest BCUT2D eigenvalue weighted by Crippen LogP contribution is 2.09. The molecule has 1 heteroatoms. The Morgan fingerprint density at radius 1 is 1.38 bits per heavy atom. The van der Waals surface area contributed by atoms with E-state index in [1.165, 1.54) is 0 Å². The van der Waals surface area contributed by atoms with E-state index in [9.17, 15) is 0 Å². The fourth-order valence-electron chi connectivity index (χ4n) is 1.11. The fourth-order valence-corrected chi connectivity index (χ4v) is 1.11. The molecule has 0 atom stereocenters. The maximum absolute atomic E-state index is 4.37. The third-order valence-corrected chi connectivity index (χ3v) is 1.81. The van der Waals surface area contributed by atoms with Crippen molar-refractivity contribution in [3.05, 3.63) is 47.3 Å². The van der Waals surface area contributed by atoms with Gasteiger partial charge in [0, 0.05) is 11.4 Å². The van der Waals surface area contributed by atoms with Crippen LogP contribution in [0.4, 0.5) is 0 Å². The minimum atomic E-state index is 1.06. The maximum Gasteiger partial charge on any atom is 0.0448 e. The lowest BCUT2D eigenvalue weighted by Crippen LogP contribution is -1.88. The van der Waals surface area contributed by atoms with Gasteiger partial charge >= 0.3 is 0 Å². The Labute approximate surface area is 79.8 Å². The molecule has 0 radical (unpaired) electrons. The second-order valence-electron chi connectivity index (χ2n) is 3.31. The van der Waals surface area contributed by atoms with Gasteiger partial charge in [0.05, 0.1) is 0 Å².